The molecule has 1 aromatic rings. The maximum absolute atomic E-state index is 12.1. The van der Waals surface area contributed by atoms with Gasteiger partial charge in [-0.1, -0.05) is 12.1 Å². The minimum absolute atomic E-state index is 0.0397. The van der Waals surface area contributed by atoms with E-state index in [-0.39, 0.29) is 12.8 Å². The summed E-state index contributed by atoms with van der Waals surface area (Å²) in [6.45, 7) is 1.15. The third-order valence-electron chi connectivity index (χ3n) is 3.72. The van der Waals surface area contributed by atoms with Crippen molar-refractivity contribution in [2.75, 3.05) is 5.73 Å². The Morgan fingerprint density at radius 1 is 1.12 bits per heavy atom. The first-order valence-corrected chi connectivity index (χ1v) is 7.64. The van der Waals surface area contributed by atoms with E-state index in [9.17, 15) is 29.4 Å². The van der Waals surface area contributed by atoms with Gasteiger partial charge in [-0.2, -0.15) is 0 Å². The lowest BCUT2D eigenvalue weighted by Crippen LogP contribution is -2.58. The van der Waals surface area contributed by atoms with Gasteiger partial charge in [-0.05, 0) is 31.0 Å². The molecule has 0 fully saturated rings. The maximum Gasteiger partial charge on any atom is 0.329 e. The van der Waals surface area contributed by atoms with Gasteiger partial charge in [-0.3, -0.25) is 4.79 Å². The molecule has 0 aliphatic rings. The van der Waals surface area contributed by atoms with Gasteiger partial charge in [0.2, 0.25) is 0 Å². The van der Waals surface area contributed by atoms with Crippen molar-refractivity contribution in [3.8, 4) is 0 Å². The van der Waals surface area contributed by atoms with Crippen LogP contribution in [0.3, 0.4) is 0 Å². The first-order chi connectivity index (χ1) is 12.0. The van der Waals surface area contributed by atoms with E-state index >= 15 is 0 Å². The molecule has 1 aromatic carbocycles. The van der Waals surface area contributed by atoms with Crippen molar-refractivity contribution in [1.82, 2.24) is 10.6 Å². The smallest absolute Gasteiger partial charge is 0.329 e. The number of carboxylic acids is 3. The van der Waals surface area contributed by atoms with Crippen molar-refractivity contribution in [3.05, 3.63) is 29.8 Å². The molecule has 0 saturated heterocycles. The Morgan fingerprint density at radius 2 is 1.69 bits per heavy atom. The van der Waals surface area contributed by atoms with Gasteiger partial charge < -0.3 is 31.7 Å². The second kappa shape index (κ2) is 8.70. The van der Waals surface area contributed by atoms with Crippen molar-refractivity contribution in [2.45, 2.75) is 37.8 Å². The molecule has 2 amide bonds. The van der Waals surface area contributed by atoms with Crippen LogP contribution in [0.5, 0.6) is 0 Å². The standard InChI is InChI=1S/C16H21N3O7/c1-16(14(24)25,7-6-12(20)21)19-15(26)18-11(13(22)23)8-9-2-4-10(17)5-3-9/h2-5,11H,6-8,17H2,1H3,(H,20,21)(H,22,23)(H,24,25)(H2,18,19,26)/t11-,16-/m0/s1. The number of nitrogens with two attached hydrogens (primary N) is 1. The average molecular weight is 367 g/mol. The number of nitrogen functional groups attached to an aromatic ring is 1. The third kappa shape index (κ3) is 6.30. The third-order valence-corrected chi connectivity index (χ3v) is 3.72. The summed E-state index contributed by atoms with van der Waals surface area (Å²) >= 11 is 0. The Morgan fingerprint density at radius 3 is 2.15 bits per heavy atom. The van der Waals surface area contributed by atoms with Crippen LogP contribution >= 0.6 is 0 Å². The number of benzene rings is 1. The van der Waals surface area contributed by atoms with E-state index in [0.29, 0.717) is 11.3 Å². The maximum atomic E-state index is 12.1. The molecular weight excluding hydrogens is 346 g/mol. The van der Waals surface area contributed by atoms with Crippen LogP contribution in [-0.4, -0.2) is 50.8 Å². The van der Waals surface area contributed by atoms with Crippen LogP contribution < -0.4 is 16.4 Å². The predicted molar refractivity (Wildman–Crippen MR) is 90.6 cm³/mol. The fraction of sp³-hybridized carbons (Fsp3) is 0.375. The summed E-state index contributed by atoms with van der Waals surface area (Å²) in [5, 5.41) is 31.5. The van der Waals surface area contributed by atoms with Crippen LogP contribution in [0.4, 0.5) is 10.5 Å². The number of carbonyl (C=O) groups excluding carboxylic acids is 1. The number of hydrogen-bond acceptors (Lipinski definition) is 5. The van der Waals surface area contributed by atoms with Crippen LogP contribution in [0.25, 0.3) is 0 Å². The molecule has 0 heterocycles. The van der Waals surface area contributed by atoms with E-state index in [4.69, 9.17) is 10.8 Å². The van der Waals surface area contributed by atoms with Crippen molar-refractivity contribution in [2.24, 2.45) is 0 Å². The number of rotatable bonds is 9. The summed E-state index contributed by atoms with van der Waals surface area (Å²) in [7, 11) is 0. The van der Waals surface area contributed by atoms with E-state index < -0.39 is 41.9 Å². The molecule has 0 aliphatic carbocycles. The molecule has 2 atom stereocenters. The fourth-order valence-electron chi connectivity index (χ4n) is 2.11. The second-order valence-electron chi connectivity index (χ2n) is 5.97. The summed E-state index contributed by atoms with van der Waals surface area (Å²) < 4.78 is 0. The monoisotopic (exact) mass is 367 g/mol. The SMILES string of the molecule is C[C@@](CCC(=O)O)(NC(=O)N[C@@H](Cc1ccc(N)cc1)C(=O)O)C(=O)O. The Balaban J connectivity index is 2.79. The van der Waals surface area contributed by atoms with Gasteiger partial charge in [0.25, 0.3) is 0 Å². The molecule has 0 saturated carbocycles. The Bertz CT molecular complexity index is 690. The predicted octanol–water partition coefficient (Wildman–Crippen LogP) is 0.272. The second-order valence-corrected chi connectivity index (χ2v) is 5.97. The van der Waals surface area contributed by atoms with Crippen LogP contribution in [-0.2, 0) is 20.8 Å². The number of carbonyl (C=O) groups is 4. The molecule has 0 unspecified atom stereocenters. The zero-order valence-electron chi connectivity index (χ0n) is 14.1. The van der Waals surface area contributed by atoms with E-state index in [2.05, 4.69) is 10.6 Å². The molecule has 0 aromatic heterocycles. The van der Waals surface area contributed by atoms with E-state index in [0.717, 1.165) is 6.92 Å². The van der Waals surface area contributed by atoms with Gasteiger partial charge in [0.1, 0.15) is 11.6 Å². The van der Waals surface area contributed by atoms with Gasteiger partial charge in [0.15, 0.2) is 0 Å². The molecule has 10 nitrogen and oxygen atoms in total. The normalized spacial score (nSPS) is 13.9. The molecule has 1 rings (SSSR count). The van der Waals surface area contributed by atoms with E-state index in [1.807, 2.05) is 0 Å². The Labute approximate surface area is 149 Å². The lowest BCUT2D eigenvalue weighted by atomic mass is 9.96. The van der Waals surface area contributed by atoms with Crippen LogP contribution in [0, 0.1) is 0 Å². The summed E-state index contributed by atoms with van der Waals surface area (Å²) in [5.41, 5.74) is 4.81. The minimum Gasteiger partial charge on any atom is -0.481 e. The first-order valence-electron chi connectivity index (χ1n) is 7.64. The number of nitrogens with one attached hydrogen (secondary N) is 2. The van der Waals surface area contributed by atoms with Crippen molar-refractivity contribution in [1.29, 1.82) is 0 Å². The Kier molecular flexibility index (Phi) is 6.94. The number of amides is 2. The van der Waals surface area contributed by atoms with E-state index in [1.54, 1.807) is 24.3 Å². The summed E-state index contributed by atoms with van der Waals surface area (Å²) in [6, 6.07) is 4.06. The van der Waals surface area contributed by atoms with Crippen LogP contribution in [0.2, 0.25) is 0 Å². The van der Waals surface area contributed by atoms with Gasteiger partial charge in [0, 0.05) is 18.5 Å². The highest BCUT2D eigenvalue weighted by atomic mass is 16.4. The number of anilines is 1. The molecule has 10 heteroatoms. The number of aliphatic carboxylic acids is 3. The summed E-state index contributed by atoms with van der Waals surface area (Å²) in [4.78, 5) is 45.4. The highest BCUT2D eigenvalue weighted by Crippen LogP contribution is 2.13. The van der Waals surface area contributed by atoms with Gasteiger partial charge in [0.05, 0.1) is 0 Å². The van der Waals surface area contributed by atoms with Crippen LogP contribution in [0.1, 0.15) is 25.3 Å². The van der Waals surface area contributed by atoms with Gasteiger partial charge in [-0.15, -0.1) is 0 Å². The molecule has 26 heavy (non-hydrogen) atoms. The molecular formula is C16H21N3O7. The molecule has 0 radical (unpaired) electrons. The first kappa shape index (κ1) is 20.7. The molecule has 0 bridgehead atoms. The number of carboxylic acid groups (broad SMARTS) is 3. The van der Waals surface area contributed by atoms with Gasteiger partial charge >= 0.3 is 23.9 Å². The Hall–Kier alpha value is -3.30. The molecule has 142 valence electrons. The summed E-state index contributed by atoms with van der Waals surface area (Å²) in [5.74, 6) is -3.95. The largest absolute Gasteiger partial charge is 0.481 e. The van der Waals surface area contributed by atoms with Gasteiger partial charge in [-0.25, -0.2) is 14.4 Å². The average Bonchev–Trinajstić information content (AvgIpc) is 2.54. The lowest BCUT2D eigenvalue weighted by molar-refractivity contribution is -0.145. The topological polar surface area (TPSA) is 179 Å². The number of hydrogen-bond donors (Lipinski definition) is 6. The van der Waals surface area contributed by atoms with E-state index in [1.165, 1.54) is 0 Å². The zero-order chi connectivity index (χ0) is 19.9. The number of urea groups is 1. The lowest BCUT2D eigenvalue weighted by Gasteiger charge is -2.26. The highest BCUT2D eigenvalue weighted by molar-refractivity contribution is 5.88. The molecule has 0 aliphatic heterocycles. The van der Waals surface area contributed by atoms with Crippen molar-refractivity contribution < 1.29 is 34.5 Å². The zero-order valence-corrected chi connectivity index (χ0v) is 14.1. The van der Waals surface area contributed by atoms with Crippen molar-refractivity contribution >= 4 is 29.6 Å². The molecule has 7 N–H and O–H groups in total. The highest BCUT2D eigenvalue weighted by Gasteiger charge is 2.36. The fourth-order valence-corrected chi connectivity index (χ4v) is 2.11. The minimum atomic E-state index is -1.85. The summed E-state index contributed by atoms with van der Waals surface area (Å²) in [6.07, 6.45) is -0.875. The van der Waals surface area contributed by atoms with Crippen LogP contribution in [0.15, 0.2) is 24.3 Å². The molecule has 0 spiro atoms. The quantitative estimate of drug-likeness (QED) is 0.336. The van der Waals surface area contributed by atoms with Crippen molar-refractivity contribution in [3.63, 3.8) is 0 Å².